The van der Waals surface area contributed by atoms with Crippen LogP contribution in [0.3, 0.4) is 0 Å². The van der Waals surface area contributed by atoms with Crippen molar-refractivity contribution in [1.82, 2.24) is 15.0 Å². The number of amides is 1. The van der Waals surface area contributed by atoms with Crippen molar-refractivity contribution in [3.8, 4) is 17.1 Å². The number of methoxy groups -OCH3 is 1. The number of hydrogen-bond acceptors (Lipinski definition) is 7. The second-order valence-electron chi connectivity index (χ2n) is 12.1. The molecule has 1 amide bonds. The van der Waals surface area contributed by atoms with Gasteiger partial charge in [-0.2, -0.15) is 31.3 Å². The monoisotopic (exact) mass is 653 g/mol. The molecule has 1 aliphatic carbocycles. The van der Waals surface area contributed by atoms with E-state index in [1.54, 1.807) is 18.2 Å². The number of ether oxygens (including phenoxy) is 2. The minimum Gasteiger partial charge on any atom is -0.496 e. The summed E-state index contributed by atoms with van der Waals surface area (Å²) < 4.78 is 97.1. The Hall–Kier alpha value is -4.56. The zero-order valence-corrected chi connectivity index (χ0v) is 25.0. The highest BCUT2D eigenvalue weighted by molar-refractivity contribution is 5.83. The number of carboxylic acid groups (broad SMARTS) is 1. The maximum absolute atomic E-state index is 13.6. The van der Waals surface area contributed by atoms with E-state index in [0.29, 0.717) is 41.9 Å². The molecular weight excluding hydrogens is 624 g/mol. The number of carbonyl (C=O) groups excluding carboxylic acids is 1. The minimum absolute atomic E-state index is 0.0148. The molecule has 0 radical (unpaired) electrons. The lowest BCUT2D eigenvalue weighted by Gasteiger charge is -2.36. The van der Waals surface area contributed by atoms with Crippen molar-refractivity contribution in [2.24, 2.45) is 5.41 Å². The first-order chi connectivity index (χ1) is 21.4. The predicted octanol–water partition coefficient (Wildman–Crippen LogP) is 8.03. The third-order valence-electron chi connectivity index (χ3n) is 8.25. The molecule has 2 aromatic carbocycles. The van der Waals surface area contributed by atoms with Gasteiger partial charge in [0.05, 0.1) is 24.3 Å². The Morgan fingerprint density at radius 1 is 1.09 bits per heavy atom. The topological polar surface area (TPSA) is 115 Å². The smallest absolute Gasteiger partial charge is 0.416 e. The van der Waals surface area contributed by atoms with E-state index in [0.717, 1.165) is 17.6 Å². The first kappa shape index (κ1) is 32.8. The second-order valence-corrected chi connectivity index (χ2v) is 12.1. The van der Waals surface area contributed by atoms with Crippen LogP contribution in [0.25, 0.3) is 17.0 Å². The number of carboxylic acids is 1. The molecule has 3 aromatic rings. The van der Waals surface area contributed by atoms with Gasteiger partial charge in [-0.05, 0) is 84.7 Å². The van der Waals surface area contributed by atoms with Crippen molar-refractivity contribution in [1.29, 1.82) is 0 Å². The number of alkyl halides is 6. The molecule has 2 atom stereocenters. The summed E-state index contributed by atoms with van der Waals surface area (Å²) in [5, 5.41) is 12.9. The summed E-state index contributed by atoms with van der Waals surface area (Å²) in [6, 6.07) is 5.25. The van der Waals surface area contributed by atoms with Crippen LogP contribution in [0.1, 0.15) is 79.1 Å². The number of cyclic esters (lactones) is 1. The van der Waals surface area contributed by atoms with Gasteiger partial charge in [0.1, 0.15) is 11.9 Å². The molecule has 1 aliphatic heterocycles. The Morgan fingerprint density at radius 3 is 2.30 bits per heavy atom. The first-order valence-corrected chi connectivity index (χ1v) is 14.1. The summed E-state index contributed by atoms with van der Waals surface area (Å²) in [4.78, 5) is 29.6. The summed E-state index contributed by atoms with van der Waals surface area (Å²) in [5.41, 5.74) is -0.970. The van der Waals surface area contributed by atoms with Gasteiger partial charge in [0, 0.05) is 17.7 Å². The average Bonchev–Trinajstić information content (AvgIpc) is 3.57. The fraction of sp³-hybridized carbons (Fsp3) is 0.419. The zero-order chi connectivity index (χ0) is 33.8. The van der Waals surface area contributed by atoms with Crippen LogP contribution in [0.15, 0.2) is 46.5 Å². The first-order valence-electron chi connectivity index (χ1n) is 14.1. The van der Waals surface area contributed by atoms with Gasteiger partial charge in [-0.1, -0.05) is 19.0 Å². The number of aromatic carboxylic acids is 1. The number of allylic oxidation sites excluding steroid dienone is 1. The van der Waals surface area contributed by atoms with Crippen molar-refractivity contribution in [3.05, 3.63) is 70.1 Å². The molecule has 1 N–H and O–H groups in total. The molecule has 2 heterocycles. The minimum atomic E-state index is -5.06. The van der Waals surface area contributed by atoms with Crippen molar-refractivity contribution >= 4 is 17.6 Å². The Morgan fingerprint density at radius 2 is 1.74 bits per heavy atom. The molecule has 1 aromatic heterocycles. The maximum Gasteiger partial charge on any atom is 0.416 e. The predicted molar refractivity (Wildman–Crippen MR) is 150 cm³/mol. The fourth-order valence-corrected chi connectivity index (χ4v) is 5.91. The molecule has 0 spiro atoms. The van der Waals surface area contributed by atoms with Gasteiger partial charge in [0.15, 0.2) is 0 Å². The number of carbonyl (C=O) groups is 2. The molecule has 5 rings (SSSR count). The molecule has 0 bridgehead atoms. The van der Waals surface area contributed by atoms with Crippen LogP contribution < -0.4 is 4.74 Å². The lowest BCUT2D eigenvalue weighted by atomic mass is 9.72. The van der Waals surface area contributed by atoms with E-state index < -0.39 is 59.1 Å². The van der Waals surface area contributed by atoms with E-state index in [1.807, 2.05) is 13.8 Å². The Kier molecular flexibility index (Phi) is 8.32. The van der Waals surface area contributed by atoms with Crippen molar-refractivity contribution in [2.45, 2.75) is 64.5 Å². The number of rotatable bonds is 7. The molecular formula is C31H29F6N3O6. The number of hydrogen-bond donors (Lipinski definition) is 1. The van der Waals surface area contributed by atoms with Crippen LogP contribution >= 0.6 is 0 Å². The molecule has 1 saturated heterocycles. The van der Waals surface area contributed by atoms with Gasteiger partial charge in [-0.15, -0.1) is 0 Å². The Balaban J connectivity index is 1.54. The molecule has 1 fully saturated rings. The van der Waals surface area contributed by atoms with Crippen molar-refractivity contribution in [2.75, 3.05) is 13.7 Å². The lowest BCUT2D eigenvalue weighted by Crippen LogP contribution is -2.35. The van der Waals surface area contributed by atoms with Crippen LogP contribution in [0.4, 0.5) is 31.1 Å². The summed E-state index contributed by atoms with van der Waals surface area (Å²) in [5.74, 6) is -1.49. The highest BCUT2D eigenvalue weighted by atomic mass is 19.4. The van der Waals surface area contributed by atoms with E-state index in [2.05, 4.69) is 10.1 Å². The molecule has 246 valence electrons. The number of benzene rings is 2. The van der Waals surface area contributed by atoms with Crippen molar-refractivity contribution < 1.29 is 55.0 Å². The quantitative estimate of drug-likeness (QED) is 0.255. The lowest BCUT2D eigenvalue weighted by molar-refractivity contribution is -0.143. The Labute approximate surface area is 258 Å². The fourth-order valence-electron chi connectivity index (χ4n) is 5.91. The van der Waals surface area contributed by atoms with E-state index >= 15 is 0 Å². The highest BCUT2D eigenvalue weighted by Gasteiger charge is 2.44. The normalized spacial score (nSPS) is 20.2. The van der Waals surface area contributed by atoms with Crippen LogP contribution in [0, 0.1) is 5.41 Å². The average molecular weight is 654 g/mol. The highest BCUT2D eigenvalue weighted by Crippen LogP contribution is 2.47. The summed E-state index contributed by atoms with van der Waals surface area (Å²) in [6.45, 7) is 5.58. The van der Waals surface area contributed by atoms with Gasteiger partial charge in [-0.3, -0.25) is 4.90 Å². The molecule has 2 aliphatic rings. The second kappa shape index (κ2) is 11.7. The van der Waals surface area contributed by atoms with Crippen molar-refractivity contribution in [3.63, 3.8) is 0 Å². The van der Waals surface area contributed by atoms with Gasteiger partial charge in [0.2, 0.25) is 5.82 Å². The molecule has 46 heavy (non-hydrogen) atoms. The summed E-state index contributed by atoms with van der Waals surface area (Å²) >= 11 is 0. The van der Waals surface area contributed by atoms with Crippen LogP contribution in [0.2, 0.25) is 0 Å². The van der Waals surface area contributed by atoms with Crippen LogP contribution in [-0.2, 0) is 17.1 Å². The van der Waals surface area contributed by atoms with Gasteiger partial charge < -0.3 is 19.1 Å². The molecule has 9 nitrogen and oxygen atoms in total. The third-order valence-corrected chi connectivity index (χ3v) is 8.25. The van der Waals surface area contributed by atoms with Gasteiger partial charge in [0.25, 0.3) is 0 Å². The van der Waals surface area contributed by atoms with E-state index in [-0.39, 0.29) is 23.9 Å². The summed E-state index contributed by atoms with van der Waals surface area (Å²) in [7, 11) is 1.47. The van der Waals surface area contributed by atoms with Gasteiger partial charge in [-0.25, -0.2) is 9.59 Å². The standard InChI is InChI=1S/C31H29F6N3O6/c1-15-24(17-9-19(30(32,33)34)12-20(10-17)31(35,36)37)45-28(43)40(15)14-18-13-29(2,3)8-7-21(18)22-11-16(5-6-23(22)44-4)25-38-26(27(41)42)46-39-25/h5-6,9-12,15,24H,7-8,13-14H2,1-4H3,(H,41,42)/t15-,24-/m0/s1. The largest absolute Gasteiger partial charge is 0.496 e. The van der Waals surface area contributed by atoms with E-state index in [1.165, 1.54) is 18.9 Å². The van der Waals surface area contributed by atoms with Crippen LogP contribution in [0.5, 0.6) is 5.75 Å². The maximum atomic E-state index is 13.6. The van der Waals surface area contributed by atoms with E-state index in [9.17, 15) is 41.0 Å². The summed E-state index contributed by atoms with van der Waals surface area (Å²) in [6.07, 6.45) is -10.6. The molecule has 15 heteroatoms. The van der Waals surface area contributed by atoms with Gasteiger partial charge >= 0.3 is 30.3 Å². The third kappa shape index (κ3) is 6.53. The SMILES string of the molecule is COc1ccc(-c2noc(C(=O)O)n2)cc1C1=C(CN2C(=O)O[C@H](c3cc(C(F)(F)F)cc(C(F)(F)F)c3)[C@@H]2C)CC(C)(C)CC1. The zero-order valence-electron chi connectivity index (χ0n) is 25.0. The number of aromatic nitrogens is 2. The van der Waals surface area contributed by atoms with E-state index in [4.69, 9.17) is 14.0 Å². The molecule has 0 unspecified atom stereocenters. The Bertz CT molecular complexity index is 1680. The number of halogens is 6. The van der Waals surface area contributed by atoms with Crippen LogP contribution in [-0.4, -0.2) is 51.9 Å². The molecule has 0 saturated carbocycles. The number of nitrogens with zero attached hydrogens (tertiary/aromatic N) is 3.